The Balaban J connectivity index is 2.12. The summed E-state index contributed by atoms with van der Waals surface area (Å²) in [5.41, 5.74) is 1.00. The molecule has 20 heavy (non-hydrogen) atoms. The largest absolute Gasteiger partial charge is 0.458 e. The van der Waals surface area contributed by atoms with Crippen molar-refractivity contribution in [2.24, 2.45) is 0 Å². The van der Waals surface area contributed by atoms with Crippen LogP contribution in [0, 0.1) is 0 Å². The van der Waals surface area contributed by atoms with Gasteiger partial charge < -0.3 is 4.74 Å². The van der Waals surface area contributed by atoms with E-state index in [2.05, 4.69) is 36.9 Å². The molecule has 0 N–H and O–H groups in total. The third-order valence-corrected chi connectivity index (χ3v) is 3.41. The average molecular weight is 262 g/mol. The van der Waals surface area contributed by atoms with Crippen LogP contribution >= 0.6 is 0 Å². The normalized spacial score (nSPS) is 10.6. The number of carbonyl (C=O) groups is 1. The molecule has 2 nitrogen and oxygen atoms in total. The zero-order chi connectivity index (χ0) is 13.9. The zero-order valence-corrected chi connectivity index (χ0v) is 11.0. The summed E-state index contributed by atoms with van der Waals surface area (Å²) in [5, 5.41) is 4.71. The molecule has 0 radical (unpaired) electrons. The summed E-state index contributed by atoms with van der Waals surface area (Å²) in [5.74, 6) is -0.400. The van der Waals surface area contributed by atoms with Gasteiger partial charge in [-0.1, -0.05) is 61.2 Å². The van der Waals surface area contributed by atoms with Crippen LogP contribution in [0.2, 0.25) is 0 Å². The minimum atomic E-state index is -0.400. The lowest BCUT2D eigenvalue weighted by Crippen LogP contribution is -2.00. The molecule has 0 bridgehead atoms. The Bertz CT molecular complexity index is 803. The van der Waals surface area contributed by atoms with Crippen LogP contribution in [0.4, 0.5) is 0 Å². The van der Waals surface area contributed by atoms with E-state index in [1.165, 1.54) is 22.2 Å². The van der Waals surface area contributed by atoms with Gasteiger partial charge in [-0.25, -0.2) is 4.79 Å². The lowest BCUT2D eigenvalue weighted by molar-refractivity contribution is -0.138. The van der Waals surface area contributed by atoms with Crippen molar-refractivity contribution >= 4 is 27.5 Å². The van der Waals surface area contributed by atoms with Gasteiger partial charge in [0.1, 0.15) is 6.61 Å². The van der Waals surface area contributed by atoms with E-state index in [4.69, 9.17) is 4.74 Å². The molecule has 3 aromatic rings. The maximum absolute atomic E-state index is 11.2. The summed E-state index contributed by atoms with van der Waals surface area (Å²) in [6.45, 7) is 3.67. The highest BCUT2D eigenvalue weighted by Gasteiger charge is 2.05. The molecule has 0 spiro atoms. The highest BCUT2D eigenvalue weighted by Crippen LogP contribution is 2.27. The maximum Gasteiger partial charge on any atom is 0.330 e. The van der Waals surface area contributed by atoms with Gasteiger partial charge in [-0.15, -0.1) is 0 Å². The smallest absolute Gasteiger partial charge is 0.330 e. The molecular weight excluding hydrogens is 248 g/mol. The number of ether oxygens (including phenoxy) is 1. The fourth-order valence-electron chi connectivity index (χ4n) is 2.44. The minimum Gasteiger partial charge on any atom is -0.458 e. The number of hydrogen-bond donors (Lipinski definition) is 0. The Morgan fingerprint density at radius 3 is 2.60 bits per heavy atom. The van der Waals surface area contributed by atoms with Crippen LogP contribution < -0.4 is 0 Å². The quantitative estimate of drug-likeness (QED) is 0.401. The van der Waals surface area contributed by atoms with E-state index in [-0.39, 0.29) is 6.61 Å². The summed E-state index contributed by atoms with van der Waals surface area (Å²) < 4.78 is 5.14. The second-order valence-corrected chi connectivity index (χ2v) is 4.61. The van der Waals surface area contributed by atoms with Gasteiger partial charge in [0, 0.05) is 6.08 Å². The molecule has 2 heteroatoms. The van der Waals surface area contributed by atoms with Crippen LogP contribution in [0.5, 0.6) is 0 Å². The fraction of sp³-hybridized carbons (Fsp3) is 0.0556. The molecular formula is C18H14O2. The van der Waals surface area contributed by atoms with Crippen molar-refractivity contribution in [3.05, 3.63) is 72.8 Å². The SMILES string of the molecule is C=CC(=O)OCc1cccc2c1ccc1ccccc12. The molecule has 98 valence electrons. The lowest BCUT2D eigenvalue weighted by atomic mass is 9.99. The van der Waals surface area contributed by atoms with Crippen molar-refractivity contribution in [2.45, 2.75) is 6.61 Å². The summed E-state index contributed by atoms with van der Waals surface area (Å²) in [4.78, 5) is 11.2. The first kappa shape index (κ1) is 12.4. The van der Waals surface area contributed by atoms with Gasteiger partial charge >= 0.3 is 5.97 Å². The van der Waals surface area contributed by atoms with Gasteiger partial charge in [0.25, 0.3) is 0 Å². The molecule has 0 aromatic heterocycles. The molecule has 0 aliphatic heterocycles. The summed E-state index contributed by atoms with van der Waals surface area (Å²) in [6, 6.07) is 18.5. The maximum atomic E-state index is 11.2. The fourth-order valence-corrected chi connectivity index (χ4v) is 2.44. The van der Waals surface area contributed by atoms with E-state index in [9.17, 15) is 4.79 Å². The van der Waals surface area contributed by atoms with Gasteiger partial charge in [0.15, 0.2) is 0 Å². The van der Waals surface area contributed by atoms with Gasteiger partial charge in [0.2, 0.25) is 0 Å². The van der Waals surface area contributed by atoms with Crippen molar-refractivity contribution < 1.29 is 9.53 Å². The number of fused-ring (bicyclic) bond motifs is 3. The molecule has 0 atom stereocenters. The Morgan fingerprint density at radius 1 is 0.950 bits per heavy atom. The van der Waals surface area contributed by atoms with Gasteiger partial charge in [-0.05, 0) is 27.1 Å². The summed E-state index contributed by atoms with van der Waals surface area (Å²) >= 11 is 0. The van der Waals surface area contributed by atoms with E-state index in [1.54, 1.807) is 0 Å². The first-order valence-corrected chi connectivity index (χ1v) is 6.48. The number of esters is 1. The van der Waals surface area contributed by atoms with Crippen molar-refractivity contribution in [3.63, 3.8) is 0 Å². The molecule has 3 rings (SSSR count). The molecule has 0 heterocycles. The van der Waals surface area contributed by atoms with Gasteiger partial charge in [-0.2, -0.15) is 0 Å². The van der Waals surface area contributed by atoms with E-state index >= 15 is 0 Å². The Hall–Kier alpha value is -2.61. The first-order chi connectivity index (χ1) is 9.79. The Labute approximate surface area is 117 Å². The number of benzene rings is 3. The van der Waals surface area contributed by atoms with Crippen LogP contribution in [0.15, 0.2) is 67.3 Å². The molecule has 0 amide bonds. The predicted molar refractivity (Wildman–Crippen MR) is 81.4 cm³/mol. The van der Waals surface area contributed by atoms with Crippen molar-refractivity contribution in [1.82, 2.24) is 0 Å². The highest BCUT2D eigenvalue weighted by atomic mass is 16.5. The number of hydrogen-bond acceptors (Lipinski definition) is 2. The summed E-state index contributed by atoms with van der Waals surface area (Å²) in [6.07, 6.45) is 1.18. The molecule has 0 unspecified atom stereocenters. The Kier molecular flexibility index (Phi) is 3.21. The number of carbonyl (C=O) groups excluding carboxylic acids is 1. The monoisotopic (exact) mass is 262 g/mol. The summed E-state index contributed by atoms with van der Waals surface area (Å²) in [7, 11) is 0. The topological polar surface area (TPSA) is 26.3 Å². The molecule has 0 fully saturated rings. The molecule has 0 saturated heterocycles. The van der Waals surface area contributed by atoms with Crippen molar-refractivity contribution in [2.75, 3.05) is 0 Å². The van der Waals surface area contributed by atoms with Crippen LogP contribution in [-0.2, 0) is 16.1 Å². The minimum absolute atomic E-state index is 0.264. The van der Waals surface area contributed by atoms with Gasteiger partial charge in [-0.3, -0.25) is 0 Å². The van der Waals surface area contributed by atoms with E-state index in [0.717, 1.165) is 10.9 Å². The molecule has 0 saturated carbocycles. The standard InChI is InChI=1S/C18H14O2/c1-2-18(19)20-12-14-7-5-9-17-15-8-4-3-6-13(15)10-11-16(14)17/h2-11H,1,12H2. The molecule has 0 aliphatic carbocycles. The van der Waals surface area contributed by atoms with Crippen molar-refractivity contribution in [3.8, 4) is 0 Å². The van der Waals surface area contributed by atoms with E-state index in [0.29, 0.717) is 0 Å². The molecule has 3 aromatic carbocycles. The van der Waals surface area contributed by atoms with Gasteiger partial charge in [0.05, 0.1) is 0 Å². The third-order valence-electron chi connectivity index (χ3n) is 3.41. The highest BCUT2D eigenvalue weighted by molar-refractivity contribution is 6.08. The first-order valence-electron chi connectivity index (χ1n) is 6.48. The molecule has 0 aliphatic rings. The average Bonchev–Trinajstić information content (AvgIpc) is 2.52. The van der Waals surface area contributed by atoms with Crippen molar-refractivity contribution in [1.29, 1.82) is 0 Å². The van der Waals surface area contributed by atoms with Crippen LogP contribution in [-0.4, -0.2) is 5.97 Å². The second-order valence-electron chi connectivity index (χ2n) is 4.61. The van der Waals surface area contributed by atoms with Crippen LogP contribution in [0.1, 0.15) is 5.56 Å². The van der Waals surface area contributed by atoms with E-state index in [1.807, 2.05) is 24.3 Å². The van der Waals surface area contributed by atoms with Crippen LogP contribution in [0.3, 0.4) is 0 Å². The third kappa shape index (κ3) is 2.16. The number of rotatable bonds is 3. The van der Waals surface area contributed by atoms with E-state index < -0.39 is 5.97 Å². The van der Waals surface area contributed by atoms with Crippen LogP contribution in [0.25, 0.3) is 21.5 Å². The lowest BCUT2D eigenvalue weighted by Gasteiger charge is -2.09. The zero-order valence-electron chi connectivity index (χ0n) is 11.0. The Morgan fingerprint density at radius 2 is 1.75 bits per heavy atom. The second kappa shape index (κ2) is 5.17. The predicted octanol–water partition coefficient (Wildman–Crippen LogP) is 4.22.